The number of β-amino-alcohol motifs (C(OH)–C–C–N with tert-alkyl or cyclic N) is 1. The van der Waals surface area contributed by atoms with Gasteiger partial charge in [0.2, 0.25) is 17.7 Å². The van der Waals surface area contributed by atoms with Crippen molar-refractivity contribution in [3.8, 4) is 16.2 Å². The molecule has 0 saturated carbocycles. The van der Waals surface area contributed by atoms with Gasteiger partial charge in [-0.1, -0.05) is 63.2 Å². The summed E-state index contributed by atoms with van der Waals surface area (Å²) in [4.78, 5) is 51.7. The second-order valence-corrected chi connectivity index (χ2v) is 20.4. The van der Waals surface area contributed by atoms with Crippen molar-refractivity contribution < 1.29 is 55.7 Å². The first-order valence-electron chi connectivity index (χ1n) is 24.0. The molecule has 6 atom stereocenters. The van der Waals surface area contributed by atoms with Gasteiger partial charge in [-0.25, -0.2) is 13.8 Å². The van der Waals surface area contributed by atoms with Crippen LogP contribution in [0.4, 0.5) is 22.0 Å². The number of benzene rings is 3. The average Bonchev–Trinajstić information content (AvgIpc) is 4.03. The standard InChI is InChI=1S/C52H63F5N6O7S/c1-30-22-38-37-12-8-9-13-41(37)60-45(38)46(63(30)28-52(55,56)57)44-39(53)24-36(25-40(44)54)70-19-11-7-10-18-68-20-21-69-27-43(65)61-48(51(4,5)6)50(67)62-26-35(64)23-42(62)49(66)59-31(2)33-14-16-34(17-15-33)47-32(3)58-29-71-47/h8-9,12-17,24-25,29-31,35,42,46,48,60,64H,7,10-11,18-23,26-28H2,1-6H3,(H,59,66)(H,61,65)/t30-,31?,35-,42+,46-,48?/m1/s1. The Labute approximate surface area is 414 Å². The lowest BCUT2D eigenvalue weighted by Gasteiger charge is -2.41. The predicted molar refractivity (Wildman–Crippen MR) is 260 cm³/mol. The highest BCUT2D eigenvalue weighted by atomic mass is 32.1. The molecule has 5 aromatic rings. The van der Waals surface area contributed by atoms with Gasteiger partial charge in [-0.15, -0.1) is 11.3 Å². The number of likely N-dealkylation sites (tertiary alicyclic amines) is 1. The fourth-order valence-electron chi connectivity index (χ4n) is 9.45. The number of para-hydroxylation sites is 1. The van der Waals surface area contributed by atoms with Crippen LogP contribution in [0.5, 0.6) is 5.75 Å². The van der Waals surface area contributed by atoms with Gasteiger partial charge in [0.1, 0.15) is 36.1 Å². The van der Waals surface area contributed by atoms with Crippen LogP contribution in [0, 0.1) is 24.0 Å². The number of carbonyl (C=O) groups excluding carboxylic acids is 3. The van der Waals surface area contributed by atoms with Crippen molar-refractivity contribution >= 4 is 40.0 Å². The molecule has 0 aliphatic carbocycles. The lowest BCUT2D eigenvalue weighted by atomic mass is 9.85. The maximum Gasteiger partial charge on any atom is 0.401 e. The number of carbonyl (C=O) groups is 3. The quantitative estimate of drug-likeness (QED) is 0.0442. The van der Waals surface area contributed by atoms with Crippen LogP contribution in [0.1, 0.15) is 100 Å². The van der Waals surface area contributed by atoms with Crippen LogP contribution in [0.25, 0.3) is 21.3 Å². The topological polar surface area (TPSA) is 158 Å². The second-order valence-electron chi connectivity index (χ2n) is 19.6. The van der Waals surface area contributed by atoms with Crippen LogP contribution in [0.15, 0.2) is 66.2 Å². The number of alkyl halides is 3. The summed E-state index contributed by atoms with van der Waals surface area (Å²) < 4.78 is 90.0. The summed E-state index contributed by atoms with van der Waals surface area (Å²) in [5.41, 5.74) is 5.16. The number of halogens is 5. The van der Waals surface area contributed by atoms with Gasteiger partial charge in [0.05, 0.1) is 60.6 Å². The third-order valence-corrected chi connectivity index (χ3v) is 14.1. The van der Waals surface area contributed by atoms with Crippen molar-refractivity contribution in [2.24, 2.45) is 5.41 Å². The molecule has 2 aliphatic heterocycles. The molecule has 0 radical (unpaired) electrons. The van der Waals surface area contributed by atoms with Crippen molar-refractivity contribution in [2.45, 2.75) is 116 Å². The lowest BCUT2D eigenvalue weighted by molar-refractivity contribution is -0.155. The Kier molecular flexibility index (Phi) is 17.2. The molecule has 2 aliphatic rings. The molecule has 3 aromatic carbocycles. The van der Waals surface area contributed by atoms with E-state index < -0.39 is 83.3 Å². The number of aliphatic hydroxyl groups excluding tert-OH is 1. The molecule has 384 valence electrons. The number of rotatable bonds is 20. The van der Waals surface area contributed by atoms with Crippen molar-refractivity contribution in [3.05, 3.63) is 106 Å². The largest absolute Gasteiger partial charge is 0.493 e. The fourth-order valence-corrected chi connectivity index (χ4v) is 10.3. The van der Waals surface area contributed by atoms with Gasteiger partial charge in [0.15, 0.2) is 0 Å². The SMILES string of the molecule is Cc1ncsc1-c1ccc(C(C)NC(=O)[C@@H]2C[C@@H](O)CN2C(=O)C(NC(=O)COCCOCCCCCOc2cc(F)c([C@@H]3c4[nH]c5ccccc5c4C[C@@H](C)N3CC(F)(F)F)c(F)c2)C(C)(C)C)cc1. The highest BCUT2D eigenvalue weighted by Crippen LogP contribution is 2.44. The monoisotopic (exact) mass is 1010 g/mol. The summed E-state index contributed by atoms with van der Waals surface area (Å²) in [6.45, 7) is 9.87. The molecule has 71 heavy (non-hydrogen) atoms. The van der Waals surface area contributed by atoms with Crippen LogP contribution in [0.2, 0.25) is 0 Å². The smallest absolute Gasteiger partial charge is 0.401 e. The molecule has 4 heterocycles. The number of hydrogen-bond donors (Lipinski definition) is 4. The molecular weight excluding hydrogens is 948 g/mol. The third-order valence-electron chi connectivity index (χ3n) is 13.1. The minimum absolute atomic E-state index is 0.0570. The Hall–Kier alpha value is -5.47. The van der Waals surface area contributed by atoms with Crippen LogP contribution in [-0.2, 0) is 30.3 Å². The van der Waals surface area contributed by atoms with E-state index in [2.05, 4.69) is 20.6 Å². The maximum atomic E-state index is 15.9. The number of unbranched alkanes of at least 4 members (excludes halogenated alkanes) is 2. The Balaban J connectivity index is 0.815. The molecule has 0 bridgehead atoms. The molecule has 1 fully saturated rings. The number of nitrogens with zero attached hydrogens (tertiary/aromatic N) is 3. The Morgan fingerprint density at radius 2 is 1.63 bits per heavy atom. The van der Waals surface area contributed by atoms with E-state index in [1.54, 1.807) is 56.7 Å². The average molecular weight is 1010 g/mol. The molecule has 2 aromatic heterocycles. The number of thiazole rings is 1. The van der Waals surface area contributed by atoms with Crippen LogP contribution < -0.4 is 15.4 Å². The Bertz CT molecular complexity index is 2610. The zero-order valence-electron chi connectivity index (χ0n) is 40.8. The first-order chi connectivity index (χ1) is 33.7. The number of fused-ring (bicyclic) bond motifs is 3. The van der Waals surface area contributed by atoms with Gasteiger partial charge in [0, 0.05) is 59.9 Å². The fraction of sp³-hybridized carbons (Fsp3) is 0.500. The summed E-state index contributed by atoms with van der Waals surface area (Å²) >= 11 is 1.55. The summed E-state index contributed by atoms with van der Waals surface area (Å²) in [7, 11) is 0. The van der Waals surface area contributed by atoms with E-state index in [4.69, 9.17) is 14.2 Å². The molecular formula is C52H63F5N6O7S. The van der Waals surface area contributed by atoms with E-state index in [-0.39, 0.29) is 57.6 Å². The highest BCUT2D eigenvalue weighted by Gasteiger charge is 2.46. The van der Waals surface area contributed by atoms with E-state index >= 15 is 8.78 Å². The summed E-state index contributed by atoms with van der Waals surface area (Å²) in [5, 5.41) is 17.2. The third kappa shape index (κ3) is 13.1. The molecule has 19 heteroatoms. The molecule has 3 amide bonds. The van der Waals surface area contributed by atoms with Gasteiger partial charge >= 0.3 is 6.18 Å². The highest BCUT2D eigenvalue weighted by molar-refractivity contribution is 7.13. The predicted octanol–water partition coefficient (Wildman–Crippen LogP) is 8.73. The number of H-pyrrole nitrogens is 1. The van der Waals surface area contributed by atoms with E-state index in [1.165, 1.54) is 4.90 Å². The molecule has 13 nitrogen and oxygen atoms in total. The number of aliphatic hydroxyl groups is 1. The number of aryl methyl sites for hydroxylation is 1. The van der Waals surface area contributed by atoms with Gasteiger partial charge in [-0.3, -0.25) is 19.3 Å². The van der Waals surface area contributed by atoms with Gasteiger partial charge in [0.25, 0.3) is 0 Å². The molecule has 7 rings (SSSR count). The van der Waals surface area contributed by atoms with E-state index in [1.807, 2.05) is 50.2 Å². The summed E-state index contributed by atoms with van der Waals surface area (Å²) in [6.07, 6.45) is -3.36. The molecule has 1 saturated heterocycles. The first kappa shape index (κ1) is 53.3. The maximum absolute atomic E-state index is 15.9. The lowest BCUT2D eigenvalue weighted by Crippen LogP contribution is -2.58. The van der Waals surface area contributed by atoms with E-state index in [0.717, 1.165) is 49.7 Å². The zero-order valence-corrected chi connectivity index (χ0v) is 41.7. The first-order valence-corrected chi connectivity index (χ1v) is 24.9. The van der Waals surface area contributed by atoms with Crippen molar-refractivity contribution in [1.29, 1.82) is 0 Å². The van der Waals surface area contributed by atoms with Crippen molar-refractivity contribution in [1.82, 2.24) is 30.4 Å². The zero-order chi connectivity index (χ0) is 51.2. The van der Waals surface area contributed by atoms with Crippen molar-refractivity contribution in [3.63, 3.8) is 0 Å². The number of ether oxygens (including phenoxy) is 3. The van der Waals surface area contributed by atoms with Crippen LogP contribution in [0.3, 0.4) is 0 Å². The second kappa shape index (κ2) is 22.9. The minimum Gasteiger partial charge on any atom is -0.493 e. The molecule has 2 unspecified atom stereocenters. The van der Waals surface area contributed by atoms with E-state index in [9.17, 15) is 32.7 Å². The van der Waals surface area contributed by atoms with Crippen molar-refractivity contribution in [2.75, 3.05) is 46.1 Å². The molecule has 0 spiro atoms. The normalized spacial score (nSPS) is 19.4. The van der Waals surface area contributed by atoms with E-state index in [0.29, 0.717) is 37.1 Å². The Morgan fingerprint density at radius 1 is 0.944 bits per heavy atom. The summed E-state index contributed by atoms with van der Waals surface area (Å²) in [5.74, 6) is -3.51. The molecule has 4 N–H and O–H groups in total. The van der Waals surface area contributed by atoms with Crippen LogP contribution >= 0.6 is 11.3 Å². The number of amides is 3. The van der Waals surface area contributed by atoms with Crippen LogP contribution in [-0.4, -0.2) is 119 Å². The van der Waals surface area contributed by atoms with Gasteiger partial charge in [-0.2, -0.15) is 13.2 Å². The number of aromatic nitrogens is 2. The minimum atomic E-state index is -4.60. The summed E-state index contributed by atoms with van der Waals surface area (Å²) in [6, 6.07) is 12.8. The van der Waals surface area contributed by atoms with Gasteiger partial charge < -0.3 is 39.8 Å². The number of aromatic amines is 1. The van der Waals surface area contributed by atoms with Gasteiger partial charge in [-0.05, 0) is 74.6 Å². The number of nitrogens with one attached hydrogen (secondary N) is 3. The Morgan fingerprint density at radius 3 is 2.31 bits per heavy atom. The number of hydrogen-bond acceptors (Lipinski definition) is 10.